The maximum Gasteiger partial charge on any atom is 0.335 e. The van der Waals surface area contributed by atoms with Crippen LogP contribution in [0.15, 0.2) is 0 Å². The van der Waals surface area contributed by atoms with Gasteiger partial charge in [0.25, 0.3) is 0 Å². The summed E-state index contributed by atoms with van der Waals surface area (Å²) < 4.78 is 0. The first-order valence-electron chi connectivity index (χ1n) is 9.98. The Labute approximate surface area is 158 Å². The molecule has 0 fully saturated rings. The van der Waals surface area contributed by atoms with E-state index in [1.807, 2.05) is 0 Å². The molecule has 2 atom stereocenters. The monoisotopic (exact) mass is 376 g/mol. The lowest BCUT2D eigenvalue weighted by Gasteiger charge is -2.31. The number of carboxylic acids is 2. The number of aliphatic hydroxyl groups is 2. The molecule has 26 heavy (non-hydrogen) atoms. The van der Waals surface area contributed by atoms with Crippen LogP contribution in [-0.4, -0.2) is 44.6 Å². The highest BCUT2D eigenvalue weighted by atomic mass is 16.4. The number of hydrogen-bond acceptors (Lipinski definition) is 4. The average Bonchev–Trinajstić information content (AvgIpc) is 2.62. The third-order valence-electron chi connectivity index (χ3n) is 4.87. The van der Waals surface area contributed by atoms with E-state index in [1.54, 1.807) is 0 Å². The lowest BCUT2D eigenvalue weighted by Crippen LogP contribution is -2.42. The Morgan fingerprint density at radius 1 is 0.846 bits per heavy atom. The number of hydrogen-bond donors (Lipinski definition) is 4. The first-order valence-corrected chi connectivity index (χ1v) is 9.98. The summed E-state index contributed by atoms with van der Waals surface area (Å²) in [6, 6.07) is 0. The Hall–Kier alpha value is -1.14. The molecule has 0 heterocycles. The van der Waals surface area contributed by atoms with Crippen LogP contribution in [0.4, 0.5) is 0 Å². The van der Waals surface area contributed by atoms with Crippen molar-refractivity contribution in [3.05, 3.63) is 0 Å². The zero-order chi connectivity index (χ0) is 20.6. The molecule has 6 nitrogen and oxygen atoms in total. The van der Waals surface area contributed by atoms with Crippen LogP contribution in [0.3, 0.4) is 0 Å². The second-order valence-electron chi connectivity index (χ2n) is 7.13. The molecule has 2 unspecified atom stereocenters. The van der Waals surface area contributed by atoms with Gasteiger partial charge in [-0.1, -0.05) is 79.1 Å². The highest BCUT2D eigenvalue weighted by molar-refractivity contribution is 5.77. The lowest BCUT2D eigenvalue weighted by atomic mass is 9.78. The Morgan fingerprint density at radius 3 is 1.38 bits per heavy atom. The minimum atomic E-state index is -1.54. The van der Waals surface area contributed by atoms with Crippen LogP contribution in [-0.2, 0) is 9.59 Å². The van der Waals surface area contributed by atoms with Gasteiger partial charge in [-0.2, -0.15) is 0 Å². The van der Waals surface area contributed by atoms with Gasteiger partial charge in [0.1, 0.15) is 6.61 Å². The third kappa shape index (κ3) is 13.1. The second kappa shape index (κ2) is 16.1. The summed E-state index contributed by atoms with van der Waals surface area (Å²) in [5, 5.41) is 35.2. The number of aliphatic carboxylic acids is 2. The first kappa shape index (κ1) is 27.1. The molecule has 0 aliphatic heterocycles. The molecule has 156 valence electrons. The van der Waals surface area contributed by atoms with E-state index < -0.39 is 24.1 Å². The molecule has 0 aliphatic carbocycles. The Balaban J connectivity index is 0. The Kier molecular flexibility index (Phi) is 16.7. The smallest absolute Gasteiger partial charge is 0.335 e. The van der Waals surface area contributed by atoms with Crippen LogP contribution >= 0.6 is 0 Å². The Morgan fingerprint density at radius 2 is 1.19 bits per heavy atom. The normalized spacial score (nSPS) is 15.3. The Bertz CT molecular complexity index is 351. The fraction of sp³-hybridized carbons (Fsp3) is 0.900. The van der Waals surface area contributed by atoms with Crippen LogP contribution in [0.1, 0.15) is 91.9 Å². The van der Waals surface area contributed by atoms with Gasteiger partial charge < -0.3 is 20.4 Å². The highest BCUT2D eigenvalue weighted by Crippen LogP contribution is 2.32. The summed E-state index contributed by atoms with van der Waals surface area (Å²) >= 11 is 0. The van der Waals surface area contributed by atoms with E-state index in [0.29, 0.717) is 24.7 Å². The van der Waals surface area contributed by atoms with Gasteiger partial charge in [-0.05, 0) is 24.7 Å². The van der Waals surface area contributed by atoms with Crippen molar-refractivity contribution in [2.24, 2.45) is 11.8 Å². The van der Waals surface area contributed by atoms with Crippen LogP contribution in [0, 0.1) is 11.8 Å². The van der Waals surface area contributed by atoms with Gasteiger partial charge in [-0.25, -0.2) is 9.59 Å². The quantitative estimate of drug-likeness (QED) is 0.363. The average molecular weight is 377 g/mol. The summed E-state index contributed by atoms with van der Waals surface area (Å²) in [6.07, 6.45) is 9.21. The van der Waals surface area contributed by atoms with Crippen LogP contribution in [0.25, 0.3) is 0 Å². The topological polar surface area (TPSA) is 115 Å². The maximum atomic E-state index is 11.6. The van der Waals surface area contributed by atoms with Crippen molar-refractivity contribution in [1.82, 2.24) is 0 Å². The van der Waals surface area contributed by atoms with Crippen LogP contribution < -0.4 is 0 Å². The van der Waals surface area contributed by atoms with Crippen molar-refractivity contribution < 1.29 is 30.0 Å². The molecule has 0 saturated heterocycles. The van der Waals surface area contributed by atoms with Crippen molar-refractivity contribution in [3.63, 3.8) is 0 Å². The second-order valence-corrected chi connectivity index (χ2v) is 7.13. The summed E-state index contributed by atoms with van der Waals surface area (Å²) in [7, 11) is 0. The third-order valence-corrected chi connectivity index (χ3v) is 4.87. The van der Waals surface area contributed by atoms with E-state index in [1.165, 1.54) is 0 Å². The SMILES string of the molecule is CCCCC(CC)CC(O)(CC(CC)CCCC)C(=O)O.O=C(O)CO. The summed E-state index contributed by atoms with van der Waals surface area (Å²) in [4.78, 5) is 20.7. The summed E-state index contributed by atoms with van der Waals surface area (Å²) in [5.41, 5.74) is -1.54. The number of carboxylic acid groups (broad SMARTS) is 2. The molecule has 0 spiro atoms. The largest absolute Gasteiger partial charge is 0.480 e. The predicted molar refractivity (Wildman–Crippen MR) is 103 cm³/mol. The van der Waals surface area contributed by atoms with E-state index in [0.717, 1.165) is 51.4 Å². The van der Waals surface area contributed by atoms with E-state index in [-0.39, 0.29) is 0 Å². The van der Waals surface area contributed by atoms with Gasteiger partial charge in [0, 0.05) is 0 Å². The molecule has 0 rings (SSSR count). The van der Waals surface area contributed by atoms with Crippen molar-refractivity contribution in [2.45, 2.75) is 97.5 Å². The fourth-order valence-electron chi connectivity index (χ4n) is 3.10. The zero-order valence-corrected chi connectivity index (χ0v) is 17.0. The minimum absolute atomic E-state index is 0.315. The number of unbranched alkanes of at least 4 members (excludes halogenated alkanes) is 2. The molecule has 6 heteroatoms. The summed E-state index contributed by atoms with van der Waals surface area (Å²) in [5.74, 6) is -1.60. The fourth-order valence-corrected chi connectivity index (χ4v) is 3.10. The molecule has 0 aromatic rings. The molecular weight excluding hydrogens is 336 g/mol. The molecule has 0 aliphatic rings. The van der Waals surface area contributed by atoms with Gasteiger partial charge in [0.05, 0.1) is 0 Å². The van der Waals surface area contributed by atoms with Gasteiger partial charge in [-0.3, -0.25) is 0 Å². The van der Waals surface area contributed by atoms with E-state index >= 15 is 0 Å². The van der Waals surface area contributed by atoms with Gasteiger partial charge in [0.15, 0.2) is 5.60 Å². The van der Waals surface area contributed by atoms with Gasteiger partial charge >= 0.3 is 11.9 Å². The minimum Gasteiger partial charge on any atom is -0.480 e. The zero-order valence-electron chi connectivity index (χ0n) is 17.0. The summed E-state index contributed by atoms with van der Waals surface area (Å²) in [6.45, 7) is 7.70. The molecule has 0 radical (unpaired) electrons. The highest BCUT2D eigenvalue weighted by Gasteiger charge is 2.39. The van der Waals surface area contributed by atoms with E-state index in [9.17, 15) is 15.0 Å². The first-order chi connectivity index (χ1) is 12.2. The predicted octanol–water partition coefficient (Wildman–Crippen LogP) is 4.08. The van der Waals surface area contributed by atoms with Gasteiger partial charge in [0.2, 0.25) is 0 Å². The molecule has 0 aromatic heterocycles. The number of carbonyl (C=O) groups is 2. The van der Waals surface area contributed by atoms with Crippen molar-refractivity contribution >= 4 is 11.9 Å². The van der Waals surface area contributed by atoms with Crippen molar-refractivity contribution in [3.8, 4) is 0 Å². The molecule has 0 saturated carbocycles. The van der Waals surface area contributed by atoms with Crippen LogP contribution in [0.2, 0.25) is 0 Å². The molecular formula is C20H40O6. The number of aliphatic hydroxyl groups excluding tert-OH is 1. The number of rotatable bonds is 14. The molecule has 0 bridgehead atoms. The van der Waals surface area contributed by atoms with Crippen molar-refractivity contribution in [2.75, 3.05) is 6.61 Å². The molecule has 0 amide bonds. The lowest BCUT2D eigenvalue weighted by molar-refractivity contribution is -0.163. The van der Waals surface area contributed by atoms with Gasteiger partial charge in [-0.15, -0.1) is 0 Å². The molecule has 0 aromatic carbocycles. The van der Waals surface area contributed by atoms with Crippen LogP contribution in [0.5, 0.6) is 0 Å². The van der Waals surface area contributed by atoms with Crippen molar-refractivity contribution in [1.29, 1.82) is 0 Å². The van der Waals surface area contributed by atoms with E-state index in [4.69, 9.17) is 15.0 Å². The van der Waals surface area contributed by atoms with E-state index in [2.05, 4.69) is 27.7 Å². The standard InChI is InChI=1S/C18H36O3.C2H4O3/c1-5-9-11-15(7-3)13-18(21,17(19)20)14-16(8-4)12-10-6-2;3-1-2(4)5/h15-16,21H,5-14H2,1-4H3,(H,19,20);3H,1H2,(H,4,5). The molecule has 4 N–H and O–H groups in total. The maximum absolute atomic E-state index is 11.6.